The molecule has 2 atom stereocenters. The SMILES string of the molecule is CCCC(C)C1(C(=O)O)CCOC1. The van der Waals surface area contributed by atoms with E-state index in [1.807, 2.05) is 6.92 Å². The van der Waals surface area contributed by atoms with E-state index in [9.17, 15) is 9.90 Å². The van der Waals surface area contributed by atoms with Crippen molar-refractivity contribution in [3.8, 4) is 0 Å². The Morgan fingerprint density at radius 1 is 1.69 bits per heavy atom. The molecule has 1 heterocycles. The van der Waals surface area contributed by atoms with Crippen LogP contribution in [0.1, 0.15) is 33.1 Å². The maximum atomic E-state index is 11.2. The number of carbonyl (C=O) groups is 1. The second kappa shape index (κ2) is 4.09. The van der Waals surface area contributed by atoms with Crippen LogP contribution < -0.4 is 0 Å². The van der Waals surface area contributed by atoms with Gasteiger partial charge in [-0.25, -0.2) is 0 Å². The Bertz CT molecular complexity index is 183. The Kier molecular flexibility index (Phi) is 3.31. The van der Waals surface area contributed by atoms with E-state index in [2.05, 4.69) is 6.92 Å². The number of ether oxygens (including phenoxy) is 1. The Morgan fingerprint density at radius 2 is 2.38 bits per heavy atom. The summed E-state index contributed by atoms with van der Waals surface area (Å²) in [5, 5.41) is 9.18. The molecule has 1 N–H and O–H groups in total. The second-order valence-electron chi connectivity index (χ2n) is 3.95. The van der Waals surface area contributed by atoms with E-state index >= 15 is 0 Å². The highest BCUT2D eigenvalue weighted by Crippen LogP contribution is 2.39. The summed E-state index contributed by atoms with van der Waals surface area (Å²) in [4.78, 5) is 11.2. The third kappa shape index (κ3) is 1.85. The molecule has 0 aromatic carbocycles. The molecule has 0 aromatic heterocycles. The fraction of sp³-hybridized carbons (Fsp3) is 0.900. The van der Waals surface area contributed by atoms with Gasteiger partial charge >= 0.3 is 5.97 Å². The molecule has 0 aliphatic carbocycles. The molecule has 0 amide bonds. The van der Waals surface area contributed by atoms with Crippen LogP contribution in [0.5, 0.6) is 0 Å². The van der Waals surface area contributed by atoms with E-state index in [-0.39, 0.29) is 5.92 Å². The lowest BCUT2D eigenvalue weighted by Crippen LogP contribution is -2.38. The number of hydrogen-bond acceptors (Lipinski definition) is 2. The first-order chi connectivity index (χ1) is 6.13. The first kappa shape index (κ1) is 10.5. The van der Waals surface area contributed by atoms with Crippen molar-refractivity contribution >= 4 is 5.97 Å². The monoisotopic (exact) mass is 186 g/mol. The van der Waals surface area contributed by atoms with Crippen molar-refractivity contribution in [1.29, 1.82) is 0 Å². The summed E-state index contributed by atoms with van der Waals surface area (Å²) < 4.78 is 5.21. The van der Waals surface area contributed by atoms with E-state index in [1.54, 1.807) is 0 Å². The van der Waals surface area contributed by atoms with Gasteiger partial charge in [-0.15, -0.1) is 0 Å². The topological polar surface area (TPSA) is 46.5 Å². The number of rotatable bonds is 4. The molecule has 3 nitrogen and oxygen atoms in total. The molecule has 0 spiro atoms. The van der Waals surface area contributed by atoms with E-state index in [4.69, 9.17) is 4.74 Å². The Labute approximate surface area is 79.1 Å². The number of hydrogen-bond donors (Lipinski definition) is 1. The predicted molar refractivity (Wildman–Crippen MR) is 49.6 cm³/mol. The highest BCUT2D eigenvalue weighted by atomic mass is 16.5. The molecule has 76 valence electrons. The van der Waals surface area contributed by atoms with E-state index < -0.39 is 11.4 Å². The molecule has 0 saturated carbocycles. The summed E-state index contributed by atoms with van der Waals surface area (Å²) in [6.45, 7) is 5.10. The maximum absolute atomic E-state index is 11.2. The summed E-state index contributed by atoms with van der Waals surface area (Å²) in [7, 11) is 0. The average molecular weight is 186 g/mol. The van der Waals surface area contributed by atoms with Gasteiger partial charge in [0.25, 0.3) is 0 Å². The highest BCUT2D eigenvalue weighted by molar-refractivity contribution is 5.75. The lowest BCUT2D eigenvalue weighted by Gasteiger charge is -2.29. The molecule has 2 unspecified atom stereocenters. The maximum Gasteiger partial charge on any atom is 0.312 e. The van der Waals surface area contributed by atoms with Gasteiger partial charge in [-0.05, 0) is 18.8 Å². The van der Waals surface area contributed by atoms with Crippen molar-refractivity contribution in [3.05, 3.63) is 0 Å². The van der Waals surface area contributed by atoms with Gasteiger partial charge in [0.15, 0.2) is 0 Å². The first-order valence-corrected chi connectivity index (χ1v) is 4.94. The molecular formula is C10H18O3. The molecule has 0 aromatic rings. The molecular weight excluding hydrogens is 168 g/mol. The Hall–Kier alpha value is -0.570. The molecule has 1 fully saturated rings. The summed E-state index contributed by atoms with van der Waals surface area (Å²) in [6.07, 6.45) is 2.68. The summed E-state index contributed by atoms with van der Waals surface area (Å²) >= 11 is 0. The van der Waals surface area contributed by atoms with Gasteiger partial charge in [0, 0.05) is 6.61 Å². The van der Waals surface area contributed by atoms with Gasteiger partial charge in [0.2, 0.25) is 0 Å². The van der Waals surface area contributed by atoms with Crippen LogP contribution in [-0.4, -0.2) is 24.3 Å². The van der Waals surface area contributed by atoms with Gasteiger partial charge in [-0.2, -0.15) is 0 Å². The molecule has 0 bridgehead atoms. The minimum absolute atomic E-state index is 0.220. The van der Waals surface area contributed by atoms with Gasteiger partial charge in [0.1, 0.15) is 0 Å². The lowest BCUT2D eigenvalue weighted by atomic mass is 9.74. The van der Waals surface area contributed by atoms with Crippen molar-refractivity contribution in [2.24, 2.45) is 11.3 Å². The Morgan fingerprint density at radius 3 is 2.77 bits per heavy atom. The zero-order valence-electron chi connectivity index (χ0n) is 8.38. The number of carboxylic acids is 1. The summed E-state index contributed by atoms with van der Waals surface area (Å²) in [5.41, 5.74) is -0.601. The van der Waals surface area contributed by atoms with Crippen LogP contribution in [-0.2, 0) is 9.53 Å². The van der Waals surface area contributed by atoms with Crippen LogP contribution >= 0.6 is 0 Å². The summed E-state index contributed by atoms with van der Waals surface area (Å²) in [6, 6.07) is 0. The van der Waals surface area contributed by atoms with Crippen molar-refractivity contribution in [3.63, 3.8) is 0 Å². The minimum Gasteiger partial charge on any atom is -0.481 e. The van der Waals surface area contributed by atoms with E-state index in [0.717, 1.165) is 12.8 Å². The largest absolute Gasteiger partial charge is 0.481 e. The molecule has 1 saturated heterocycles. The van der Waals surface area contributed by atoms with Gasteiger partial charge in [-0.1, -0.05) is 20.3 Å². The predicted octanol–water partition coefficient (Wildman–Crippen LogP) is 1.91. The van der Waals surface area contributed by atoms with Crippen LogP contribution in [0.15, 0.2) is 0 Å². The molecule has 1 aliphatic rings. The van der Waals surface area contributed by atoms with Crippen LogP contribution in [0.3, 0.4) is 0 Å². The fourth-order valence-electron chi connectivity index (χ4n) is 2.06. The Balaban J connectivity index is 2.71. The van der Waals surface area contributed by atoms with E-state index in [0.29, 0.717) is 19.6 Å². The molecule has 13 heavy (non-hydrogen) atoms. The number of aliphatic carboxylic acids is 1. The van der Waals surface area contributed by atoms with Crippen LogP contribution in [0.2, 0.25) is 0 Å². The van der Waals surface area contributed by atoms with Gasteiger partial charge in [0.05, 0.1) is 12.0 Å². The third-order valence-corrected chi connectivity index (χ3v) is 3.14. The van der Waals surface area contributed by atoms with Crippen molar-refractivity contribution in [2.45, 2.75) is 33.1 Å². The average Bonchev–Trinajstić information content (AvgIpc) is 2.53. The van der Waals surface area contributed by atoms with Gasteiger partial charge < -0.3 is 9.84 Å². The number of carboxylic acid groups (broad SMARTS) is 1. The molecule has 1 aliphatic heterocycles. The van der Waals surface area contributed by atoms with Crippen molar-refractivity contribution in [2.75, 3.05) is 13.2 Å². The van der Waals surface area contributed by atoms with Crippen molar-refractivity contribution in [1.82, 2.24) is 0 Å². The lowest BCUT2D eigenvalue weighted by molar-refractivity contribution is -0.152. The zero-order valence-corrected chi connectivity index (χ0v) is 8.38. The summed E-state index contributed by atoms with van der Waals surface area (Å²) in [5.74, 6) is -0.469. The first-order valence-electron chi connectivity index (χ1n) is 4.94. The van der Waals surface area contributed by atoms with Crippen molar-refractivity contribution < 1.29 is 14.6 Å². The smallest absolute Gasteiger partial charge is 0.312 e. The minimum atomic E-state index is -0.689. The second-order valence-corrected chi connectivity index (χ2v) is 3.95. The molecule has 0 radical (unpaired) electrons. The fourth-order valence-corrected chi connectivity index (χ4v) is 2.06. The standard InChI is InChI=1S/C10H18O3/c1-3-4-8(2)10(9(11)12)5-6-13-7-10/h8H,3-7H2,1-2H3,(H,11,12). The van der Waals surface area contributed by atoms with Gasteiger partial charge in [-0.3, -0.25) is 4.79 Å². The normalized spacial score (nSPS) is 30.3. The van der Waals surface area contributed by atoms with Crippen LogP contribution in [0, 0.1) is 11.3 Å². The van der Waals surface area contributed by atoms with E-state index in [1.165, 1.54) is 0 Å². The highest BCUT2D eigenvalue weighted by Gasteiger charge is 2.46. The third-order valence-electron chi connectivity index (χ3n) is 3.14. The van der Waals surface area contributed by atoms with Crippen LogP contribution in [0.4, 0.5) is 0 Å². The zero-order chi connectivity index (χ0) is 9.90. The molecule has 3 heteroatoms. The molecule has 1 rings (SSSR count). The van der Waals surface area contributed by atoms with Crippen LogP contribution in [0.25, 0.3) is 0 Å². The quantitative estimate of drug-likeness (QED) is 0.729.